The van der Waals surface area contributed by atoms with Crippen LogP contribution in [0.5, 0.6) is 5.88 Å². The van der Waals surface area contributed by atoms with Gasteiger partial charge in [-0.05, 0) is 49.7 Å². The Balaban J connectivity index is 1.71. The Morgan fingerprint density at radius 2 is 2.12 bits per heavy atom. The van der Waals surface area contributed by atoms with Gasteiger partial charge in [-0.2, -0.15) is 4.98 Å². The van der Waals surface area contributed by atoms with Gasteiger partial charge in [0.05, 0.1) is 13.2 Å². The molecule has 0 radical (unpaired) electrons. The minimum absolute atomic E-state index is 0.0407. The first-order valence-corrected chi connectivity index (χ1v) is 8.34. The highest BCUT2D eigenvalue weighted by Gasteiger charge is 2.22. The Morgan fingerprint density at radius 3 is 2.77 bits per heavy atom. The van der Waals surface area contributed by atoms with E-state index in [1.165, 1.54) is 37.4 Å². The third kappa shape index (κ3) is 4.26. The Hall–Kier alpha value is -2.74. The van der Waals surface area contributed by atoms with Gasteiger partial charge in [-0.1, -0.05) is 0 Å². The summed E-state index contributed by atoms with van der Waals surface area (Å²) in [4.78, 5) is 16.2. The second kappa shape index (κ2) is 8.09. The van der Waals surface area contributed by atoms with E-state index in [1.54, 1.807) is 0 Å². The number of ether oxygens (including phenoxy) is 1. The first-order valence-electron chi connectivity index (χ1n) is 8.34. The minimum Gasteiger partial charge on any atom is -0.481 e. The van der Waals surface area contributed by atoms with E-state index >= 15 is 0 Å². The molecule has 2 aromatic rings. The zero-order chi connectivity index (χ0) is 18.5. The number of hydrogen-bond donors (Lipinski definition) is 3. The van der Waals surface area contributed by atoms with Crippen molar-refractivity contribution in [3.8, 4) is 5.88 Å². The first kappa shape index (κ1) is 18.1. The lowest BCUT2D eigenvalue weighted by atomic mass is 10.2. The summed E-state index contributed by atoms with van der Waals surface area (Å²) in [5.41, 5.74) is 0.925. The molecule has 1 aliphatic heterocycles. The zero-order valence-electron chi connectivity index (χ0n) is 14.3. The van der Waals surface area contributed by atoms with Crippen molar-refractivity contribution in [2.45, 2.75) is 25.4 Å². The van der Waals surface area contributed by atoms with Crippen LogP contribution in [0.25, 0.3) is 0 Å². The highest BCUT2D eigenvalue weighted by atomic mass is 19.1. The van der Waals surface area contributed by atoms with Gasteiger partial charge in [0.25, 0.3) is 0 Å². The average Bonchev–Trinajstić information content (AvgIpc) is 3.18. The van der Waals surface area contributed by atoms with Gasteiger partial charge in [-0.25, -0.2) is 8.78 Å². The van der Waals surface area contributed by atoms with E-state index in [1.807, 2.05) is 0 Å². The lowest BCUT2D eigenvalue weighted by molar-refractivity contribution is -0.122. The third-order valence-electron chi connectivity index (χ3n) is 4.15. The number of rotatable bonds is 6. The summed E-state index contributed by atoms with van der Waals surface area (Å²) < 4.78 is 32.5. The summed E-state index contributed by atoms with van der Waals surface area (Å²) in [6.45, 7) is 0.933. The molecule has 1 atom stereocenters. The lowest BCUT2D eigenvalue weighted by Crippen LogP contribution is -2.40. The maximum absolute atomic E-state index is 14.4. The van der Waals surface area contributed by atoms with Gasteiger partial charge < -0.3 is 20.7 Å². The maximum Gasteiger partial charge on any atom is 0.237 e. The van der Waals surface area contributed by atoms with Crippen LogP contribution in [-0.2, 0) is 11.3 Å². The molecule has 1 aromatic carbocycles. The van der Waals surface area contributed by atoms with Crippen LogP contribution in [0.3, 0.4) is 0 Å². The van der Waals surface area contributed by atoms with Gasteiger partial charge in [-0.15, -0.1) is 0 Å². The van der Waals surface area contributed by atoms with Crippen LogP contribution >= 0.6 is 0 Å². The maximum atomic E-state index is 14.4. The largest absolute Gasteiger partial charge is 0.481 e. The number of carbonyl (C=O) groups is 1. The van der Waals surface area contributed by atoms with Crippen LogP contribution in [0.15, 0.2) is 30.3 Å². The van der Waals surface area contributed by atoms with Crippen molar-refractivity contribution in [1.82, 2.24) is 15.6 Å². The third-order valence-corrected chi connectivity index (χ3v) is 4.15. The van der Waals surface area contributed by atoms with Gasteiger partial charge in [0.1, 0.15) is 5.82 Å². The van der Waals surface area contributed by atoms with Crippen molar-refractivity contribution in [3.63, 3.8) is 0 Å². The Morgan fingerprint density at radius 1 is 1.35 bits per heavy atom. The standard InChI is InChI=1S/C18H20F2N4O2/c1-26-18-11(10-22-17(25)15-3-2-8-21-15)9-14(20)16(24-18)23-13-6-4-12(19)5-7-13/h4-7,9,15,21H,2-3,8,10H2,1H3,(H,22,25)(H,23,24). The molecule has 3 rings (SSSR count). The number of carbonyl (C=O) groups excluding carboxylic acids is 1. The van der Waals surface area contributed by atoms with Gasteiger partial charge in [0, 0.05) is 17.8 Å². The number of amides is 1. The van der Waals surface area contributed by atoms with Crippen LogP contribution in [0.2, 0.25) is 0 Å². The van der Waals surface area contributed by atoms with Gasteiger partial charge >= 0.3 is 0 Å². The quantitative estimate of drug-likeness (QED) is 0.736. The van der Waals surface area contributed by atoms with Crippen LogP contribution in [0, 0.1) is 11.6 Å². The fraction of sp³-hybridized carbons (Fsp3) is 0.333. The SMILES string of the molecule is COc1nc(Nc2ccc(F)cc2)c(F)cc1CNC(=O)C1CCCN1. The van der Waals surface area contributed by atoms with Crippen LogP contribution in [-0.4, -0.2) is 30.6 Å². The molecule has 1 aliphatic rings. The van der Waals surface area contributed by atoms with Crippen LogP contribution in [0.1, 0.15) is 18.4 Å². The van der Waals surface area contributed by atoms with Crippen LogP contribution < -0.4 is 20.7 Å². The molecule has 26 heavy (non-hydrogen) atoms. The number of benzene rings is 1. The lowest BCUT2D eigenvalue weighted by Gasteiger charge is -2.14. The molecule has 2 heterocycles. The monoisotopic (exact) mass is 362 g/mol. The molecule has 6 nitrogen and oxygen atoms in total. The number of pyridine rings is 1. The predicted octanol–water partition coefficient (Wildman–Crippen LogP) is 2.48. The summed E-state index contributed by atoms with van der Waals surface area (Å²) in [6, 6.07) is 6.53. The fourth-order valence-corrected chi connectivity index (χ4v) is 2.78. The van der Waals surface area contributed by atoms with Crippen LogP contribution in [0.4, 0.5) is 20.3 Å². The van der Waals surface area contributed by atoms with E-state index in [-0.39, 0.29) is 36.0 Å². The van der Waals surface area contributed by atoms with E-state index in [4.69, 9.17) is 4.74 Å². The van der Waals surface area contributed by atoms with Crippen molar-refractivity contribution >= 4 is 17.4 Å². The second-order valence-corrected chi connectivity index (χ2v) is 5.99. The van der Waals surface area contributed by atoms with E-state index in [2.05, 4.69) is 20.9 Å². The minimum atomic E-state index is -0.599. The summed E-state index contributed by atoms with van der Waals surface area (Å²) >= 11 is 0. The molecule has 1 fully saturated rings. The van der Waals surface area contributed by atoms with Crippen molar-refractivity contribution in [2.24, 2.45) is 0 Å². The molecule has 0 saturated carbocycles. The number of nitrogens with one attached hydrogen (secondary N) is 3. The molecular weight excluding hydrogens is 342 g/mol. The summed E-state index contributed by atoms with van der Waals surface area (Å²) in [5, 5.41) is 8.65. The van der Waals surface area contributed by atoms with Crippen molar-refractivity contribution in [3.05, 3.63) is 47.5 Å². The normalized spacial score (nSPS) is 16.3. The number of aromatic nitrogens is 1. The Kier molecular flexibility index (Phi) is 5.62. The molecular formula is C18H20F2N4O2. The number of anilines is 2. The smallest absolute Gasteiger partial charge is 0.237 e. The van der Waals surface area contributed by atoms with Gasteiger partial charge in [-0.3, -0.25) is 4.79 Å². The molecule has 1 saturated heterocycles. The molecule has 1 amide bonds. The van der Waals surface area contributed by atoms with Gasteiger partial charge in [0.15, 0.2) is 11.6 Å². The second-order valence-electron chi connectivity index (χ2n) is 5.99. The highest BCUT2D eigenvalue weighted by molar-refractivity contribution is 5.82. The Bertz CT molecular complexity index is 778. The van der Waals surface area contributed by atoms with E-state index in [0.29, 0.717) is 11.3 Å². The Labute approximate surface area is 150 Å². The van der Waals surface area contributed by atoms with Crippen molar-refractivity contribution < 1.29 is 18.3 Å². The number of nitrogens with zero attached hydrogens (tertiary/aromatic N) is 1. The van der Waals surface area contributed by atoms with Crippen molar-refractivity contribution in [1.29, 1.82) is 0 Å². The van der Waals surface area contributed by atoms with Gasteiger partial charge in [0.2, 0.25) is 11.8 Å². The first-order chi connectivity index (χ1) is 12.6. The zero-order valence-corrected chi connectivity index (χ0v) is 14.3. The summed E-state index contributed by atoms with van der Waals surface area (Å²) in [6.07, 6.45) is 1.75. The number of hydrogen-bond acceptors (Lipinski definition) is 5. The molecule has 138 valence electrons. The van der Waals surface area contributed by atoms with E-state index in [0.717, 1.165) is 19.4 Å². The average molecular weight is 362 g/mol. The van der Waals surface area contributed by atoms with Crippen molar-refractivity contribution in [2.75, 3.05) is 19.0 Å². The molecule has 1 aromatic heterocycles. The van der Waals surface area contributed by atoms with E-state index < -0.39 is 5.82 Å². The topological polar surface area (TPSA) is 75.3 Å². The van der Waals surface area contributed by atoms with E-state index in [9.17, 15) is 13.6 Å². The molecule has 1 unspecified atom stereocenters. The number of halogens is 2. The molecule has 8 heteroatoms. The molecule has 0 bridgehead atoms. The highest BCUT2D eigenvalue weighted by Crippen LogP contribution is 2.25. The molecule has 0 aliphatic carbocycles. The fourth-order valence-electron chi connectivity index (χ4n) is 2.78. The predicted molar refractivity (Wildman–Crippen MR) is 93.3 cm³/mol. The molecule has 3 N–H and O–H groups in total. The number of methoxy groups -OCH3 is 1. The summed E-state index contributed by atoms with van der Waals surface area (Å²) in [5.74, 6) is -0.946. The summed E-state index contributed by atoms with van der Waals surface area (Å²) in [7, 11) is 1.42. The molecule has 0 spiro atoms.